The average molecular weight is 305 g/mol. The number of hydrogen-bond donors (Lipinski definition) is 1. The van der Waals surface area contributed by atoms with E-state index in [1.807, 2.05) is 0 Å². The molecule has 0 fully saturated rings. The van der Waals surface area contributed by atoms with Crippen LogP contribution in [0.5, 0.6) is 5.75 Å². The van der Waals surface area contributed by atoms with Crippen LogP contribution in [0.3, 0.4) is 0 Å². The first kappa shape index (κ1) is 12.5. The fraction of sp³-hybridized carbons (Fsp3) is 0. The van der Waals surface area contributed by atoms with Gasteiger partial charge < -0.3 is 5.11 Å². The maximum absolute atomic E-state index is 11.9. The molecule has 0 aromatic heterocycles. The highest BCUT2D eigenvalue weighted by molar-refractivity contribution is 9.10. The number of phenolic OH excluding ortho intramolecular Hbond substituents is 1. The van der Waals surface area contributed by atoms with Crippen molar-refractivity contribution in [2.45, 2.75) is 0 Å². The number of carbonyl (C=O) groups excluding carboxylic acids is 2. The number of ketones is 2. The van der Waals surface area contributed by atoms with Gasteiger partial charge in [-0.1, -0.05) is 15.9 Å². The number of carbonyl (C=O) groups is 2. The molecule has 0 radical (unpaired) electrons. The third-order valence-corrected chi connectivity index (χ3v) is 2.97. The highest BCUT2D eigenvalue weighted by Gasteiger charge is 2.17. The van der Waals surface area contributed by atoms with Crippen LogP contribution in [-0.4, -0.2) is 16.7 Å². The molecule has 0 atom stereocenters. The Morgan fingerprint density at radius 3 is 1.61 bits per heavy atom. The minimum atomic E-state index is -0.586. The number of aromatic hydroxyl groups is 1. The summed E-state index contributed by atoms with van der Waals surface area (Å²) in [4.78, 5) is 23.8. The van der Waals surface area contributed by atoms with Gasteiger partial charge in [0.25, 0.3) is 0 Å². The Hall–Kier alpha value is -1.94. The molecule has 18 heavy (non-hydrogen) atoms. The predicted molar refractivity (Wildman–Crippen MR) is 70.9 cm³/mol. The zero-order valence-electron chi connectivity index (χ0n) is 9.26. The van der Waals surface area contributed by atoms with E-state index in [2.05, 4.69) is 15.9 Å². The standard InChI is InChI=1S/C14H9BrO3/c15-11-5-1-9(2-6-11)13(17)14(18)10-3-7-12(16)8-4-10/h1-8,16H. The number of halogens is 1. The average Bonchev–Trinajstić information content (AvgIpc) is 2.39. The van der Waals surface area contributed by atoms with E-state index in [-0.39, 0.29) is 11.3 Å². The molecule has 90 valence electrons. The van der Waals surface area contributed by atoms with Crippen molar-refractivity contribution in [3.8, 4) is 5.75 Å². The molecule has 0 aliphatic carbocycles. The number of phenols is 1. The zero-order valence-corrected chi connectivity index (χ0v) is 10.8. The molecule has 0 heterocycles. The SMILES string of the molecule is O=C(C(=O)c1ccc(Br)cc1)c1ccc(O)cc1. The molecule has 0 spiro atoms. The van der Waals surface area contributed by atoms with E-state index in [0.717, 1.165) is 4.47 Å². The van der Waals surface area contributed by atoms with Gasteiger partial charge in [0.15, 0.2) is 0 Å². The number of hydrogen-bond acceptors (Lipinski definition) is 3. The molecular formula is C14H9BrO3. The van der Waals surface area contributed by atoms with Gasteiger partial charge >= 0.3 is 0 Å². The fourth-order valence-electron chi connectivity index (χ4n) is 1.48. The van der Waals surface area contributed by atoms with Gasteiger partial charge in [-0.25, -0.2) is 0 Å². The summed E-state index contributed by atoms with van der Waals surface area (Å²) < 4.78 is 0.844. The molecule has 2 rings (SSSR count). The minimum absolute atomic E-state index is 0.0580. The van der Waals surface area contributed by atoms with Crippen LogP contribution < -0.4 is 0 Å². The van der Waals surface area contributed by atoms with Crippen LogP contribution in [-0.2, 0) is 0 Å². The van der Waals surface area contributed by atoms with Crippen molar-refractivity contribution in [2.75, 3.05) is 0 Å². The van der Waals surface area contributed by atoms with Crippen LogP contribution in [0.15, 0.2) is 53.0 Å². The second-order valence-electron chi connectivity index (χ2n) is 3.71. The van der Waals surface area contributed by atoms with Gasteiger partial charge in [-0.2, -0.15) is 0 Å². The van der Waals surface area contributed by atoms with Crippen LogP contribution in [0.2, 0.25) is 0 Å². The highest BCUT2D eigenvalue weighted by Crippen LogP contribution is 2.15. The Bertz CT molecular complexity index is 530. The quantitative estimate of drug-likeness (QED) is 0.700. The lowest BCUT2D eigenvalue weighted by molar-refractivity contribution is 0.0817. The summed E-state index contributed by atoms with van der Waals surface area (Å²) >= 11 is 3.26. The summed E-state index contributed by atoms with van der Waals surface area (Å²) in [5, 5.41) is 9.12. The van der Waals surface area contributed by atoms with E-state index in [0.29, 0.717) is 5.56 Å². The van der Waals surface area contributed by atoms with E-state index in [4.69, 9.17) is 5.11 Å². The van der Waals surface area contributed by atoms with E-state index in [9.17, 15) is 9.59 Å². The summed E-state index contributed by atoms with van der Waals surface area (Å²) in [6.07, 6.45) is 0. The molecular weight excluding hydrogens is 296 g/mol. The number of rotatable bonds is 3. The molecule has 0 amide bonds. The van der Waals surface area contributed by atoms with E-state index in [1.165, 1.54) is 24.3 Å². The molecule has 2 aromatic rings. The van der Waals surface area contributed by atoms with E-state index >= 15 is 0 Å². The first-order valence-electron chi connectivity index (χ1n) is 5.21. The van der Waals surface area contributed by atoms with Crippen LogP contribution >= 0.6 is 15.9 Å². The van der Waals surface area contributed by atoms with Crippen LogP contribution in [0.4, 0.5) is 0 Å². The molecule has 1 N–H and O–H groups in total. The maximum atomic E-state index is 11.9. The summed E-state index contributed by atoms with van der Waals surface area (Å²) in [7, 11) is 0. The number of Topliss-reactive ketones (excluding diaryl/α,β-unsaturated/α-hetero) is 2. The molecule has 0 unspecified atom stereocenters. The van der Waals surface area contributed by atoms with Crippen molar-refractivity contribution in [1.82, 2.24) is 0 Å². The Labute approximate surface area is 112 Å². The first-order chi connectivity index (χ1) is 8.58. The van der Waals surface area contributed by atoms with Crippen molar-refractivity contribution in [2.24, 2.45) is 0 Å². The largest absolute Gasteiger partial charge is 0.508 e. The van der Waals surface area contributed by atoms with Crippen LogP contribution in [0.25, 0.3) is 0 Å². The summed E-state index contributed by atoms with van der Waals surface area (Å²) in [5.74, 6) is -1.09. The van der Waals surface area contributed by atoms with Gasteiger partial charge in [-0.05, 0) is 48.5 Å². The zero-order chi connectivity index (χ0) is 13.1. The molecule has 3 nitrogen and oxygen atoms in total. The predicted octanol–water partition coefficient (Wildman–Crippen LogP) is 3.22. The highest BCUT2D eigenvalue weighted by atomic mass is 79.9. The van der Waals surface area contributed by atoms with Crippen molar-refractivity contribution >= 4 is 27.5 Å². The smallest absolute Gasteiger partial charge is 0.233 e. The maximum Gasteiger partial charge on any atom is 0.233 e. The molecule has 4 heteroatoms. The second-order valence-corrected chi connectivity index (χ2v) is 4.63. The van der Waals surface area contributed by atoms with Gasteiger partial charge in [0.05, 0.1) is 0 Å². The van der Waals surface area contributed by atoms with Gasteiger partial charge in [0.2, 0.25) is 11.6 Å². The second kappa shape index (κ2) is 5.14. The van der Waals surface area contributed by atoms with Crippen molar-refractivity contribution in [3.63, 3.8) is 0 Å². The third-order valence-electron chi connectivity index (χ3n) is 2.44. The Morgan fingerprint density at radius 1 is 0.778 bits per heavy atom. The molecule has 0 aliphatic rings. The lowest BCUT2D eigenvalue weighted by Crippen LogP contribution is -2.14. The lowest BCUT2D eigenvalue weighted by Gasteiger charge is -2.01. The van der Waals surface area contributed by atoms with Crippen LogP contribution in [0.1, 0.15) is 20.7 Å². The van der Waals surface area contributed by atoms with Gasteiger partial charge in [0.1, 0.15) is 5.75 Å². The third kappa shape index (κ3) is 2.65. The molecule has 0 saturated heterocycles. The minimum Gasteiger partial charge on any atom is -0.508 e. The first-order valence-corrected chi connectivity index (χ1v) is 6.01. The monoisotopic (exact) mass is 304 g/mol. The van der Waals surface area contributed by atoms with E-state index < -0.39 is 11.6 Å². The van der Waals surface area contributed by atoms with Gasteiger partial charge in [0, 0.05) is 15.6 Å². The van der Waals surface area contributed by atoms with Crippen molar-refractivity contribution in [3.05, 3.63) is 64.1 Å². The summed E-state index contributed by atoms with van der Waals surface area (Å²) in [6.45, 7) is 0. The summed E-state index contributed by atoms with van der Waals surface area (Å²) in [6, 6.07) is 12.2. The van der Waals surface area contributed by atoms with Gasteiger partial charge in [-0.3, -0.25) is 9.59 Å². The van der Waals surface area contributed by atoms with Gasteiger partial charge in [-0.15, -0.1) is 0 Å². The molecule has 0 bridgehead atoms. The fourth-order valence-corrected chi connectivity index (χ4v) is 1.74. The molecule has 2 aromatic carbocycles. The van der Waals surface area contributed by atoms with Crippen molar-refractivity contribution < 1.29 is 14.7 Å². The lowest BCUT2D eigenvalue weighted by atomic mass is 10.0. The molecule has 0 saturated carbocycles. The van der Waals surface area contributed by atoms with E-state index in [1.54, 1.807) is 24.3 Å². The van der Waals surface area contributed by atoms with Crippen LogP contribution in [0, 0.1) is 0 Å². The Morgan fingerprint density at radius 2 is 1.17 bits per heavy atom. The summed E-state index contributed by atoms with van der Waals surface area (Å²) in [5.41, 5.74) is 0.608. The number of benzene rings is 2. The molecule has 0 aliphatic heterocycles. The topological polar surface area (TPSA) is 54.4 Å². The van der Waals surface area contributed by atoms with Crippen molar-refractivity contribution in [1.29, 1.82) is 0 Å². The normalized spacial score (nSPS) is 10.1. The Kier molecular flexibility index (Phi) is 3.58. The Balaban J connectivity index is 2.26.